The number of carbonyl (C=O) groups excluding carboxylic acids is 2. The molecule has 0 bridgehead atoms. The van der Waals surface area contributed by atoms with Gasteiger partial charge in [-0.1, -0.05) is 60.9 Å². The molecule has 1 aliphatic rings. The molecule has 1 aliphatic carbocycles. The standard InChI is InChI=1S/C31H37N3O2/c1-22-11-10-16-26(19-22)31(36)34(23(2)24-12-6-5-7-13-24)21-27-20-28(17-18-29(27)33(3)4)32-30(35)25-14-8-9-15-25/h5-7,10-13,16-20,23,25H,8-9,14-15,21H2,1-4H3,(H,32,35)/t23-/m1/s1. The molecule has 0 heterocycles. The van der Waals surface area contributed by atoms with Crippen LogP contribution in [0.15, 0.2) is 72.8 Å². The molecule has 1 N–H and O–H groups in total. The molecule has 4 rings (SSSR count). The molecule has 5 nitrogen and oxygen atoms in total. The Morgan fingerprint density at radius 3 is 2.33 bits per heavy atom. The molecule has 2 amide bonds. The maximum atomic E-state index is 13.9. The van der Waals surface area contributed by atoms with Crippen molar-refractivity contribution < 1.29 is 9.59 Å². The first-order valence-corrected chi connectivity index (χ1v) is 12.9. The zero-order valence-corrected chi connectivity index (χ0v) is 21.8. The average molecular weight is 484 g/mol. The van der Waals surface area contributed by atoms with Gasteiger partial charge in [-0.3, -0.25) is 9.59 Å². The molecule has 0 aromatic heterocycles. The molecule has 36 heavy (non-hydrogen) atoms. The summed E-state index contributed by atoms with van der Waals surface area (Å²) in [6.07, 6.45) is 4.16. The van der Waals surface area contributed by atoms with Crippen LogP contribution in [0.4, 0.5) is 11.4 Å². The van der Waals surface area contributed by atoms with Gasteiger partial charge < -0.3 is 15.1 Å². The molecule has 0 aliphatic heterocycles. The van der Waals surface area contributed by atoms with Crippen molar-refractivity contribution in [2.75, 3.05) is 24.3 Å². The number of aryl methyl sites for hydroxylation is 1. The van der Waals surface area contributed by atoms with E-state index >= 15 is 0 Å². The van der Waals surface area contributed by atoms with E-state index in [0.29, 0.717) is 12.1 Å². The lowest BCUT2D eigenvalue weighted by atomic mass is 10.0. The third-order valence-corrected chi connectivity index (χ3v) is 7.17. The Kier molecular flexibility index (Phi) is 8.09. The number of nitrogens with one attached hydrogen (secondary N) is 1. The van der Waals surface area contributed by atoms with Gasteiger partial charge in [0, 0.05) is 43.5 Å². The summed E-state index contributed by atoms with van der Waals surface area (Å²) in [6.45, 7) is 4.50. The van der Waals surface area contributed by atoms with Crippen molar-refractivity contribution in [3.05, 3.63) is 95.1 Å². The van der Waals surface area contributed by atoms with E-state index in [1.165, 1.54) is 0 Å². The predicted molar refractivity (Wildman–Crippen MR) is 147 cm³/mol. The van der Waals surface area contributed by atoms with Gasteiger partial charge in [0.2, 0.25) is 5.91 Å². The Morgan fingerprint density at radius 2 is 1.67 bits per heavy atom. The highest BCUT2D eigenvalue weighted by Gasteiger charge is 2.26. The maximum Gasteiger partial charge on any atom is 0.254 e. The van der Waals surface area contributed by atoms with Crippen LogP contribution in [0.3, 0.4) is 0 Å². The van der Waals surface area contributed by atoms with Gasteiger partial charge >= 0.3 is 0 Å². The van der Waals surface area contributed by atoms with Crippen LogP contribution >= 0.6 is 0 Å². The van der Waals surface area contributed by atoms with E-state index in [4.69, 9.17) is 0 Å². The first-order chi connectivity index (χ1) is 17.3. The average Bonchev–Trinajstić information content (AvgIpc) is 3.42. The number of carbonyl (C=O) groups is 2. The van der Waals surface area contributed by atoms with Crippen molar-refractivity contribution in [2.45, 2.75) is 52.1 Å². The number of rotatable bonds is 8. The molecule has 5 heteroatoms. The van der Waals surface area contributed by atoms with Crippen LogP contribution in [-0.2, 0) is 11.3 Å². The second-order valence-corrected chi connectivity index (χ2v) is 10.1. The molecule has 188 valence electrons. The number of hydrogen-bond acceptors (Lipinski definition) is 3. The van der Waals surface area contributed by atoms with Crippen LogP contribution in [0.25, 0.3) is 0 Å². The molecule has 0 unspecified atom stereocenters. The quantitative estimate of drug-likeness (QED) is 0.393. The summed E-state index contributed by atoms with van der Waals surface area (Å²) >= 11 is 0. The molecule has 0 radical (unpaired) electrons. The summed E-state index contributed by atoms with van der Waals surface area (Å²) in [6, 6.07) is 23.8. The largest absolute Gasteiger partial charge is 0.377 e. The van der Waals surface area contributed by atoms with E-state index in [9.17, 15) is 9.59 Å². The Labute approximate surface area is 215 Å². The van der Waals surface area contributed by atoms with Gasteiger partial charge in [0.25, 0.3) is 5.91 Å². The molecule has 1 fully saturated rings. The minimum atomic E-state index is -0.133. The van der Waals surface area contributed by atoms with Crippen LogP contribution in [0.2, 0.25) is 0 Å². The Morgan fingerprint density at radius 1 is 0.944 bits per heavy atom. The van der Waals surface area contributed by atoms with Gasteiger partial charge in [-0.15, -0.1) is 0 Å². The molecule has 3 aromatic carbocycles. The van der Waals surface area contributed by atoms with Crippen LogP contribution in [0.1, 0.15) is 65.7 Å². The number of anilines is 2. The fourth-order valence-electron chi connectivity index (χ4n) is 5.08. The summed E-state index contributed by atoms with van der Waals surface area (Å²) in [4.78, 5) is 30.7. The fraction of sp³-hybridized carbons (Fsp3) is 0.355. The lowest BCUT2D eigenvalue weighted by molar-refractivity contribution is -0.119. The second kappa shape index (κ2) is 11.4. The first-order valence-electron chi connectivity index (χ1n) is 12.9. The van der Waals surface area contributed by atoms with Crippen molar-refractivity contribution in [2.24, 2.45) is 5.92 Å². The predicted octanol–water partition coefficient (Wildman–Crippen LogP) is 6.59. The fourth-order valence-corrected chi connectivity index (χ4v) is 5.08. The summed E-state index contributed by atoms with van der Waals surface area (Å²) in [7, 11) is 4.01. The van der Waals surface area contributed by atoms with E-state index < -0.39 is 0 Å². The number of amides is 2. The van der Waals surface area contributed by atoms with Crippen LogP contribution in [-0.4, -0.2) is 30.8 Å². The molecular formula is C31H37N3O2. The van der Waals surface area contributed by atoms with Crippen molar-refractivity contribution >= 4 is 23.2 Å². The topological polar surface area (TPSA) is 52.7 Å². The molecule has 1 saturated carbocycles. The zero-order valence-electron chi connectivity index (χ0n) is 21.8. The highest BCUT2D eigenvalue weighted by Crippen LogP contribution is 2.31. The first kappa shape index (κ1) is 25.5. The van der Waals surface area contributed by atoms with E-state index in [0.717, 1.165) is 53.7 Å². The molecule has 0 saturated heterocycles. The smallest absolute Gasteiger partial charge is 0.254 e. The zero-order chi connectivity index (χ0) is 25.7. The summed E-state index contributed by atoms with van der Waals surface area (Å²) < 4.78 is 0. The van der Waals surface area contributed by atoms with Gasteiger partial charge in [-0.25, -0.2) is 0 Å². The maximum absolute atomic E-state index is 13.9. The second-order valence-electron chi connectivity index (χ2n) is 10.1. The van der Waals surface area contributed by atoms with Crippen molar-refractivity contribution in [1.82, 2.24) is 4.90 Å². The van der Waals surface area contributed by atoms with E-state index in [-0.39, 0.29) is 23.8 Å². The lowest BCUT2D eigenvalue weighted by Crippen LogP contribution is -2.34. The van der Waals surface area contributed by atoms with Gasteiger partial charge in [-0.2, -0.15) is 0 Å². The van der Waals surface area contributed by atoms with E-state index in [2.05, 4.69) is 29.3 Å². The Bertz CT molecular complexity index is 1200. The summed E-state index contributed by atoms with van der Waals surface area (Å²) in [5.74, 6) is 0.182. The molecular weight excluding hydrogens is 446 g/mol. The SMILES string of the molecule is Cc1cccc(C(=O)N(Cc2cc(NC(=O)C3CCCC3)ccc2N(C)C)[C@H](C)c2ccccc2)c1. The van der Waals surface area contributed by atoms with Crippen LogP contribution in [0, 0.1) is 12.8 Å². The highest BCUT2D eigenvalue weighted by atomic mass is 16.2. The Hall–Kier alpha value is -3.60. The van der Waals surface area contributed by atoms with Gasteiger partial charge in [0.15, 0.2) is 0 Å². The van der Waals surface area contributed by atoms with Gasteiger partial charge in [-0.05, 0) is 68.1 Å². The van der Waals surface area contributed by atoms with Crippen LogP contribution in [0.5, 0.6) is 0 Å². The van der Waals surface area contributed by atoms with Crippen molar-refractivity contribution in [3.63, 3.8) is 0 Å². The van der Waals surface area contributed by atoms with E-state index in [1.54, 1.807) is 0 Å². The normalized spacial score (nSPS) is 14.3. The minimum absolute atomic E-state index is 0.0137. The number of benzene rings is 3. The van der Waals surface area contributed by atoms with Gasteiger partial charge in [0.1, 0.15) is 0 Å². The minimum Gasteiger partial charge on any atom is -0.377 e. The van der Waals surface area contributed by atoms with E-state index in [1.807, 2.05) is 86.6 Å². The van der Waals surface area contributed by atoms with Gasteiger partial charge in [0.05, 0.1) is 6.04 Å². The summed E-state index contributed by atoms with van der Waals surface area (Å²) in [5.41, 5.74) is 5.61. The Balaban J connectivity index is 1.68. The van der Waals surface area contributed by atoms with Crippen molar-refractivity contribution in [1.29, 1.82) is 0 Å². The molecule has 1 atom stereocenters. The highest BCUT2D eigenvalue weighted by molar-refractivity contribution is 5.95. The molecule has 0 spiro atoms. The molecule has 3 aromatic rings. The number of nitrogens with zero attached hydrogens (tertiary/aromatic N) is 2. The van der Waals surface area contributed by atoms with Crippen molar-refractivity contribution in [3.8, 4) is 0 Å². The summed E-state index contributed by atoms with van der Waals surface area (Å²) in [5, 5.41) is 3.13. The third-order valence-electron chi connectivity index (χ3n) is 7.17. The lowest BCUT2D eigenvalue weighted by Gasteiger charge is -2.32. The van der Waals surface area contributed by atoms with Crippen LogP contribution < -0.4 is 10.2 Å². The third kappa shape index (κ3) is 5.96. The monoisotopic (exact) mass is 483 g/mol. The number of hydrogen-bond donors (Lipinski definition) is 1.